The Balaban J connectivity index is 1.29. The van der Waals surface area contributed by atoms with Crippen LogP contribution in [0.1, 0.15) is 12.8 Å². The molecule has 0 bridgehead atoms. The van der Waals surface area contributed by atoms with Gasteiger partial charge in [-0.25, -0.2) is 0 Å². The fourth-order valence-electron chi connectivity index (χ4n) is 3.86. The van der Waals surface area contributed by atoms with Gasteiger partial charge < -0.3 is 14.4 Å². The molecule has 4 aromatic rings. The zero-order valence-corrected chi connectivity index (χ0v) is 17.3. The predicted molar refractivity (Wildman–Crippen MR) is 112 cm³/mol. The summed E-state index contributed by atoms with van der Waals surface area (Å²) in [4.78, 5) is 6.86. The molecule has 1 aliphatic rings. The first-order valence-corrected chi connectivity index (χ1v) is 10.3. The van der Waals surface area contributed by atoms with Crippen molar-refractivity contribution < 1.29 is 22.6 Å². The van der Waals surface area contributed by atoms with E-state index in [0.29, 0.717) is 29.6 Å². The molecule has 0 atom stereocenters. The van der Waals surface area contributed by atoms with E-state index in [1.807, 2.05) is 18.2 Å². The molecule has 32 heavy (non-hydrogen) atoms. The molecule has 0 radical (unpaired) electrons. The van der Waals surface area contributed by atoms with Crippen LogP contribution in [0.25, 0.3) is 16.7 Å². The summed E-state index contributed by atoms with van der Waals surface area (Å²) >= 11 is 6.19. The third kappa shape index (κ3) is 4.22. The van der Waals surface area contributed by atoms with Crippen molar-refractivity contribution in [2.75, 3.05) is 18.0 Å². The van der Waals surface area contributed by atoms with E-state index < -0.39 is 6.36 Å². The third-order valence-electron chi connectivity index (χ3n) is 5.30. The highest BCUT2D eigenvalue weighted by Gasteiger charge is 2.31. The summed E-state index contributed by atoms with van der Waals surface area (Å²) < 4.78 is 48.5. The van der Waals surface area contributed by atoms with Crippen molar-refractivity contribution in [3.63, 3.8) is 0 Å². The molecule has 3 heterocycles. The maximum Gasteiger partial charge on any atom is 0.573 e. The molecule has 1 saturated heterocycles. The second-order valence-corrected chi connectivity index (χ2v) is 7.86. The van der Waals surface area contributed by atoms with Crippen molar-refractivity contribution in [2.45, 2.75) is 25.3 Å². The summed E-state index contributed by atoms with van der Waals surface area (Å²) in [5, 5.41) is 9.59. The largest absolute Gasteiger partial charge is 0.573 e. The summed E-state index contributed by atoms with van der Waals surface area (Å²) in [5.41, 5.74) is 0.877. The van der Waals surface area contributed by atoms with Gasteiger partial charge in [0, 0.05) is 36.3 Å². The number of anilines is 1. The van der Waals surface area contributed by atoms with E-state index >= 15 is 0 Å². The Morgan fingerprint density at radius 2 is 1.72 bits per heavy atom. The molecule has 0 unspecified atom stereocenters. The first kappa shape index (κ1) is 20.6. The number of ether oxygens (including phenoxy) is 2. The molecule has 0 N–H and O–H groups in total. The Morgan fingerprint density at radius 3 is 2.44 bits per heavy atom. The summed E-state index contributed by atoms with van der Waals surface area (Å²) in [6.07, 6.45) is -1.70. The van der Waals surface area contributed by atoms with Gasteiger partial charge in [-0.2, -0.15) is 4.98 Å². The van der Waals surface area contributed by atoms with Crippen molar-refractivity contribution >= 4 is 34.1 Å². The molecule has 11 heteroatoms. The van der Waals surface area contributed by atoms with Crippen LogP contribution in [0.2, 0.25) is 5.02 Å². The maximum atomic E-state index is 12.3. The van der Waals surface area contributed by atoms with Gasteiger partial charge in [-0.3, -0.25) is 4.40 Å². The predicted octanol–water partition coefficient (Wildman–Crippen LogP) is 4.88. The van der Waals surface area contributed by atoms with Gasteiger partial charge in [0.25, 0.3) is 5.78 Å². The SMILES string of the molecule is FC(F)(F)Oc1ccc(OC2CCN(c3nc4nncn4c4cc(Cl)ccc34)CC2)cc1. The second kappa shape index (κ2) is 8.01. The van der Waals surface area contributed by atoms with Crippen molar-refractivity contribution in [1.82, 2.24) is 19.6 Å². The second-order valence-electron chi connectivity index (χ2n) is 7.42. The van der Waals surface area contributed by atoms with Gasteiger partial charge >= 0.3 is 6.36 Å². The van der Waals surface area contributed by atoms with E-state index in [9.17, 15) is 13.2 Å². The lowest BCUT2D eigenvalue weighted by Gasteiger charge is -2.33. The minimum Gasteiger partial charge on any atom is -0.490 e. The van der Waals surface area contributed by atoms with Crippen LogP contribution in [0.15, 0.2) is 48.8 Å². The van der Waals surface area contributed by atoms with E-state index in [2.05, 4.69) is 19.8 Å². The van der Waals surface area contributed by atoms with Crippen LogP contribution < -0.4 is 14.4 Å². The Morgan fingerprint density at radius 1 is 1.00 bits per heavy atom. The van der Waals surface area contributed by atoms with Crippen molar-refractivity contribution in [3.8, 4) is 11.5 Å². The summed E-state index contributed by atoms with van der Waals surface area (Å²) in [5.74, 6) is 1.53. The van der Waals surface area contributed by atoms with E-state index in [1.165, 1.54) is 24.3 Å². The quantitative estimate of drug-likeness (QED) is 0.430. The highest BCUT2D eigenvalue weighted by Crippen LogP contribution is 2.31. The summed E-state index contributed by atoms with van der Waals surface area (Å²) in [6.45, 7) is 1.41. The smallest absolute Gasteiger partial charge is 0.490 e. The average molecular weight is 464 g/mol. The lowest BCUT2D eigenvalue weighted by Crippen LogP contribution is -2.38. The van der Waals surface area contributed by atoms with Crippen molar-refractivity contribution in [3.05, 3.63) is 53.8 Å². The molecule has 1 fully saturated rings. The van der Waals surface area contributed by atoms with Gasteiger partial charge in [0.05, 0.1) is 5.52 Å². The van der Waals surface area contributed by atoms with E-state index in [1.54, 1.807) is 10.7 Å². The van der Waals surface area contributed by atoms with Crippen LogP contribution >= 0.6 is 11.6 Å². The van der Waals surface area contributed by atoms with Gasteiger partial charge in [0.2, 0.25) is 0 Å². The highest BCUT2D eigenvalue weighted by molar-refractivity contribution is 6.31. The molecule has 0 spiro atoms. The van der Waals surface area contributed by atoms with Gasteiger partial charge in [-0.15, -0.1) is 23.4 Å². The molecule has 2 aromatic heterocycles. The highest BCUT2D eigenvalue weighted by atomic mass is 35.5. The summed E-state index contributed by atoms with van der Waals surface area (Å²) in [6, 6.07) is 11.1. The number of fused-ring (bicyclic) bond motifs is 3. The minimum absolute atomic E-state index is 0.0573. The number of hydrogen-bond donors (Lipinski definition) is 0. The molecule has 166 valence electrons. The van der Waals surface area contributed by atoms with Crippen LogP contribution in [-0.4, -0.2) is 45.1 Å². The number of piperidine rings is 1. The van der Waals surface area contributed by atoms with Crippen molar-refractivity contribution in [1.29, 1.82) is 0 Å². The molecule has 2 aromatic carbocycles. The minimum atomic E-state index is -4.71. The molecular weight excluding hydrogens is 447 g/mol. The fraction of sp³-hybridized carbons (Fsp3) is 0.286. The molecule has 5 rings (SSSR count). The Bertz CT molecular complexity index is 1250. The Labute approximate surface area is 185 Å². The third-order valence-corrected chi connectivity index (χ3v) is 5.53. The van der Waals surface area contributed by atoms with Crippen LogP contribution in [0, 0.1) is 0 Å². The number of hydrogen-bond acceptors (Lipinski definition) is 6. The monoisotopic (exact) mass is 463 g/mol. The first-order valence-electron chi connectivity index (χ1n) is 9.92. The number of rotatable bonds is 4. The Kier molecular flexibility index (Phi) is 5.16. The lowest BCUT2D eigenvalue weighted by molar-refractivity contribution is -0.274. The molecule has 1 aliphatic heterocycles. The molecular formula is C21H17ClF3N5O2. The lowest BCUT2D eigenvalue weighted by atomic mass is 10.1. The van der Waals surface area contributed by atoms with Gasteiger partial charge in [-0.1, -0.05) is 11.6 Å². The van der Waals surface area contributed by atoms with Crippen LogP contribution in [0.4, 0.5) is 19.0 Å². The standard InChI is InChI=1S/C21H17ClF3N5O2/c22-13-1-6-17-18(11-13)30-12-26-28-20(30)27-19(17)29-9-7-15(8-10-29)31-14-2-4-16(5-3-14)32-21(23,24)25/h1-6,11-12,15H,7-10H2. The van der Waals surface area contributed by atoms with E-state index in [4.69, 9.17) is 21.3 Å². The van der Waals surface area contributed by atoms with Crippen molar-refractivity contribution in [2.24, 2.45) is 0 Å². The number of nitrogens with zero attached hydrogens (tertiary/aromatic N) is 5. The van der Waals surface area contributed by atoms with Gasteiger partial charge in [0.1, 0.15) is 29.7 Å². The number of halogens is 4. The normalized spacial score (nSPS) is 15.4. The zero-order valence-electron chi connectivity index (χ0n) is 16.6. The van der Waals surface area contributed by atoms with Crippen LogP contribution in [-0.2, 0) is 0 Å². The number of aromatic nitrogens is 4. The molecule has 0 saturated carbocycles. The maximum absolute atomic E-state index is 12.3. The van der Waals surface area contributed by atoms with Gasteiger partial charge in [0.15, 0.2) is 0 Å². The van der Waals surface area contributed by atoms with E-state index in [-0.39, 0.29) is 11.9 Å². The molecule has 0 amide bonds. The zero-order chi connectivity index (χ0) is 22.3. The molecule has 7 nitrogen and oxygen atoms in total. The van der Waals surface area contributed by atoms with E-state index in [0.717, 1.165) is 29.6 Å². The van der Waals surface area contributed by atoms with Gasteiger partial charge in [-0.05, 0) is 42.5 Å². The van der Waals surface area contributed by atoms with Crippen LogP contribution in [0.3, 0.4) is 0 Å². The summed E-state index contributed by atoms with van der Waals surface area (Å²) in [7, 11) is 0. The van der Waals surface area contributed by atoms with Crippen LogP contribution in [0.5, 0.6) is 11.5 Å². The average Bonchev–Trinajstić information content (AvgIpc) is 3.23. The topological polar surface area (TPSA) is 64.8 Å². The molecule has 0 aliphatic carbocycles. The fourth-order valence-corrected chi connectivity index (χ4v) is 4.03. The Hall–Kier alpha value is -3.27. The number of benzene rings is 2. The number of alkyl halides is 3. The first-order chi connectivity index (χ1) is 15.4.